The zero-order chi connectivity index (χ0) is 23.4. The van der Waals surface area contributed by atoms with E-state index in [-0.39, 0.29) is 0 Å². The molecule has 1 aliphatic rings. The van der Waals surface area contributed by atoms with Crippen molar-refractivity contribution in [3.05, 3.63) is 144 Å². The number of allylic oxidation sites excluding steroid dienone is 6. The molecule has 0 fully saturated rings. The highest BCUT2D eigenvalue weighted by atomic mass is 14.2. The zero-order valence-corrected chi connectivity index (χ0v) is 20.5. The molecule has 0 saturated heterocycles. The molecule has 0 nitrogen and oxygen atoms in total. The third kappa shape index (κ3) is 7.19. The van der Waals surface area contributed by atoms with Crippen LogP contribution in [0.5, 0.6) is 0 Å². The van der Waals surface area contributed by atoms with E-state index in [2.05, 4.69) is 128 Å². The molecule has 1 aliphatic carbocycles. The number of benzene rings is 3. The smallest absolute Gasteiger partial charge is 0.00975 e. The van der Waals surface area contributed by atoms with Crippen LogP contribution in [0.3, 0.4) is 0 Å². The molecule has 174 valence electrons. The molecule has 3 unspecified atom stereocenters. The summed E-state index contributed by atoms with van der Waals surface area (Å²) in [6.45, 7) is 2.39. The van der Waals surface area contributed by atoms with Crippen LogP contribution in [-0.4, -0.2) is 0 Å². The Morgan fingerprint density at radius 3 is 1.82 bits per heavy atom. The lowest BCUT2D eigenvalue weighted by molar-refractivity contribution is 0.479. The fraction of sp³-hybridized carbons (Fsp3) is 0.294. The van der Waals surface area contributed by atoms with E-state index >= 15 is 0 Å². The Bertz CT molecular complexity index is 1060. The molecule has 3 aromatic carbocycles. The van der Waals surface area contributed by atoms with Crippen molar-refractivity contribution in [3.8, 4) is 0 Å². The monoisotopic (exact) mass is 446 g/mol. The predicted octanol–water partition coefficient (Wildman–Crippen LogP) is 9.75. The highest BCUT2D eigenvalue weighted by Crippen LogP contribution is 2.35. The highest BCUT2D eigenvalue weighted by molar-refractivity contribution is 5.30. The third-order valence-electron chi connectivity index (χ3n) is 7.23. The summed E-state index contributed by atoms with van der Waals surface area (Å²) < 4.78 is 0. The van der Waals surface area contributed by atoms with E-state index in [1.54, 1.807) is 0 Å². The van der Waals surface area contributed by atoms with Gasteiger partial charge in [0, 0.05) is 0 Å². The van der Waals surface area contributed by atoms with Crippen molar-refractivity contribution in [2.75, 3.05) is 0 Å². The molecule has 0 saturated carbocycles. The van der Waals surface area contributed by atoms with Crippen LogP contribution in [0, 0.1) is 0 Å². The van der Waals surface area contributed by atoms with Crippen LogP contribution in [0.15, 0.2) is 127 Å². The quantitative estimate of drug-likeness (QED) is 0.275. The van der Waals surface area contributed by atoms with Gasteiger partial charge in [0.05, 0.1) is 0 Å². The van der Waals surface area contributed by atoms with Gasteiger partial charge < -0.3 is 0 Å². The number of rotatable bonds is 11. The van der Waals surface area contributed by atoms with E-state index in [1.165, 1.54) is 47.9 Å². The molecule has 0 aliphatic heterocycles. The second kappa shape index (κ2) is 12.9. The van der Waals surface area contributed by atoms with E-state index in [4.69, 9.17) is 0 Å². The summed E-state index contributed by atoms with van der Waals surface area (Å²) in [5.74, 6) is 1.74. The minimum atomic E-state index is 0.562. The Balaban J connectivity index is 1.43. The minimum Gasteiger partial charge on any atom is -0.0804 e. The average molecular weight is 447 g/mol. The van der Waals surface area contributed by atoms with Gasteiger partial charge in [-0.3, -0.25) is 0 Å². The second-order valence-electron chi connectivity index (χ2n) is 9.70. The Morgan fingerprint density at radius 2 is 1.24 bits per heavy atom. The molecule has 0 N–H and O–H groups in total. The maximum Gasteiger partial charge on any atom is -0.00975 e. The summed E-state index contributed by atoms with van der Waals surface area (Å²) in [5.41, 5.74) is 5.86. The van der Waals surface area contributed by atoms with Crippen molar-refractivity contribution in [1.29, 1.82) is 0 Å². The summed E-state index contributed by atoms with van der Waals surface area (Å²) in [4.78, 5) is 0. The average Bonchev–Trinajstić information content (AvgIpc) is 2.92. The Labute approximate surface area is 206 Å². The molecule has 0 heteroatoms. The number of hydrogen-bond donors (Lipinski definition) is 0. The van der Waals surface area contributed by atoms with Crippen molar-refractivity contribution in [3.63, 3.8) is 0 Å². The molecule has 0 radical (unpaired) electrons. The van der Waals surface area contributed by atoms with Crippen molar-refractivity contribution >= 4 is 0 Å². The van der Waals surface area contributed by atoms with Crippen LogP contribution in [0.25, 0.3) is 0 Å². The van der Waals surface area contributed by atoms with Crippen molar-refractivity contribution in [2.45, 2.75) is 63.2 Å². The van der Waals surface area contributed by atoms with Crippen molar-refractivity contribution in [2.24, 2.45) is 0 Å². The van der Waals surface area contributed by atoms with Gasteiger partial charge in [0.25, 0.3) is 0 Å². The summed E-state index contributed by atoms with van der Waals surface area (Å²) in [6, 6.07) is 33.3. The summed E-state index contributed by atoms with van der Waals surface area (Å²) >= 11 is 0. The van der Waals surface area contributed by atoms with E-state index < -0.39 is 0 Å². The predicted molar refractivity (Wildman–Crippen MR) is 147 cm³/mol. The highest BCUT2D eigenvalue weighted by Gasteiger charge is 2.18. The maximum atomic E-state index is 2.46. The second-order valence-corrected chi connectivity index (χ2v) is 9.70. The largest absolute Gasteiger partial charge is 0.0804 e. The van der Waals surface area contributed by atoms with Crippen LogP contribution in [-0.2, 0) is 0 Å². The fourth-order valence-corrected chi connectivity index (χ4v) is 5.22. The van der Waals surface area contributed by atoms with Crippen molar-refractivity contribution < 1.29 is 0 Å². The summed E-state index contributed by atoms with van der Waals surface area (Å²) in [7, 11) is 0. The topological polar surface area (TPSA) is 0 Å². The van der Waals surface area contributed by atoms with Gasteiger partial charge in [-0.15, -0.1) is 0 Å². The Hall–Kier alpha value is -3.12. The SMILES string of the molecule is CC(CC(CCCC(C/C=C1/C=CC=CC1)c1ccccc1)c1ccccc1)c1ccccc1. The van der Waals surface area contributed by atoms with Crippen LogP contribution in [0.1, 0.15) is 79.9 Å². The van der Waals surface area contributed by atoms with Crippen LogP contribution in [0.2, 0.25) is 0 Å². The third-order valence-corrected chi connectivity index (χ3v) is 7.23. The summed E-state index contributed by atoms with van der Waals surface area (Å²) in [5, 5.41) is 0. The minimum absolute atomic E-state index is 0.562. The zero-order valence-electron chi connectivity index (χ0n) is 20.5. The molecule has 0 aromatic heterocycles. The van der Waals surface area contributed by atoms with Gasteiger partial charge in [-0.2, -0.15) is 0 Å². The van der Waals surface area contributed by atoms with Gasteiger partial charge in [-0.25, -0.2) is 0 Å². The first-order valence-corrected chi connectivity index (χ1v) is 13.0. The van der Waals surface area contributed by atoms with E-state index in [0.717, 1.165) is 12.8 Å². The molecule has 0 bridgehead atoms. The molecule has 4 rings (SSSR count). The van der Waals surface area contributed by atoms with Gasteiger partial charge in [0.15, 0.2) is 0 Å². The lowest BCUT2D eigenvalue weighted by Gasteiger charge is -2.23. The van der Waals surface area contributed by atoms with Gasteiger partial charge in [-0.1, -0.05) is 135 Å². The van der Waals surface area contributed by atoms with Gasteiger partial charge in [-0.05, 0) is 72.1 Å². The summed E-state index contributed by atoms with van der Waals surface area (Å²) in [6.07, 6.45) is 18.4. The normalized spacial score (nSPS) is 16.9. The number of hydrogen-bond acceptors (Lipinski definition) is 0. The molecular formula is C34H38. The molecule has 0 amide bonds. The molecule has 0 heterocycles. The van der Waals surface area contributed by atoms with E-state index in [0.29, 0.717) is 17.8 Å². The van der Waals surface area contributed by atoms with Crippen LogP contribution >= 0.6 is 0 Å². The lowest BCUT2D eigenvalue weighted by atomic mass is 9.81. The first-order valence-electron chi connectivity index (χ1n) is 13.0. The molecule has 0 spiro atoms. The van der Waals surface area contributed by atoms with Gasteiger partial charge in [0.2, 0.25) is 0 Å². The molecule has 3 aromatic rings. The maximum absolute atomic E-state index is 2.46. The Kier molecular flexibility index (Phi) is 9.14. The van der Waals surface area contributed by atoms with E-state index in [1.807, 2.05) is 0 Å². The molecule has 3 atom stereocenters. The van der Waals surface area contributed by atoms with Crippen molar-refractivity contribution in [1.82, 2.24) is 0 Å². The van der Waals surface area contributed by atoms with E-state index in [9.17, 15) is 0 Å². The molecule has 34 heavy (non-hydrogen) atoms. The van der Waals surface area contributed by atoms with Gasteiger partial charge in [0.1, 0.15) is 0 Å². The Morgan fingerprint density at radius 1 is 0.676 bits per heavy atom. The molecular weight excluding hydrogens is 408 g/mol. The fourth-order valence-electron chi connectivity index (χ4n) is 5.22. The lowest BCUT2D eigenvalue weighted by Crippen LogP contribution is -2.06. The van der Waals surface area contributed by atoms with Crippen LogP contribution in [0.4, 0.5) is 0 Å². The standard InChI is InChI=1S/C34H38/c1-28(30-17-8-3-9-18-30)27-34(32-21-12-5-13-22-32)24-14-23-33(31-19-10-4-11-20-31)26-25-29-15-6-2-7-16-29/h2-13,15,17-22,25,28,33-34H,14,16,23-24,26-27H2,1H3/b29-25-. The van der Waals surface area contributed by atoms with Crippen LogP contribution < -0.4 is 0 Å². The van der Waals surface area contributed by atoms with Gasteiger partial charge >= 0.3 is 0 Å². The first kappa shape index (κ1) is 24.0. The first-order chi connectivity index (χ1) is 16.8.